The molecule has 0 radical (unpaired) electrons. The largest absolute Gasteiger partial charge is 0.378 e. The van der Waals surface area contributed by atoms with Gasteiger partial charge in [-0.2, -0.15) is 0 Å². The van der Waals surface area contributed by atoms with Crippen molar-refractivity contribution >= 4 is 46.3 Å². The van der Waals surface area contributed by atoms with Crippen LogP contribution in [0.15, 0.2) is 24.7 Å². The SMILES string of the molecule is CC(CC(=O)c1cc(N2CCOCC2)ncn1)c1ncc(C(=O)Nc2cc(C(C)(C)C)c(Cl)nn2)s1. The van der Waals surface area contributed by atoms with Crippen LogP contribution >= 0.6 is 22.9 Å². The fourth-order valence-electron chi connectivity index (χ4n) is 3.70. The number of morpholine rings is 1. The van der Waals surface area contributed by atoms with E-state index in [9.17, 15) is 9.59 Å². The molecule has 36 heavy (non-hydrogen) atoms. The van der Waals surface area contributed by atoms with Crippen LogP contribution in [0.2, 0.25) is 5.15 Å². The predicted molar refractivity (Wildman–Crippen MR) is 138 cm³/mol. The number of halogens is 1. The van der Waals surface area contributed by atoms with Crippen molar-refractivity contribution in [3.05, 3.63) is 51.0 Å². The van der Waals surface area contributed by atoms with Crippen molar-refractivity contribution in [1.82, 2.24) is 25.1 Å². The van der Waals surface area contributed by atoms with Crippen molar-refractivity contribution in [2.24, 2.45) is 0 Å². The van der Waals surface area contributed by atoms with Crippen LogP contribution in [0.5, 0.6) is 0 Å². The summed E-state index contributed by atoms with van der Waals surface area (Å²) in [6.45, 7) is 10.6. The standard InChI is InChI=1S/C24H28ClN7O3S/c1-14(9-17(33)16-11-20(28-13-27-16)32-5-7-35-8-6-32)23-26-12-18(36-23)22(34)29-19-10-15(24(2,3)4)21(25)31-30-19/h10-14H,5-9H2,1-4H3,(H,29,30,34). The average molecular weight is 530 g/mol. The van der Waals surface area contributed by atoms with Gasteiger partial charge in [-0.15, -0.1) is 21.5 Å². The van der Waals surface area contributed by atoms with Crippen molar-refractivity contribution in [2.45, 2.75) is 45.4 Å². The van der Waals surface area contributed by atoms with Crippen LogP contribution in [-0.2, 0) is 10.2 Å². The maximum atomic E-state index is 12.9. The number of carbonyl (C=O) groups is 2. The second kappa shape index (κ2) is 10.9. The Morgan fingerprint density at radius 3 is 2.64 bits per heavy atom. The molecule has 1 fully saturated rings. The van der Waals surface area contributed by atoms with Crippen LogP contribution in [0.25, 0.3) is 0 Å². The van der Waals surface area contributed by atoms with E-state index < -0.39 is 0 Å². The number of anilines is 2. The Balaban J connectivity index is 1.40. The first kappa shape index (κ1) is 26.1. The van der Waals surface area contributed by atoms with Crippen molar-refractivity contribution < 1.29 is 14.3 Å². The molecular weight excluding hydrogens is 502 g/mol. The molecule has 190 valence electrons. The van der Waals surface area contributed by atoms with Gasteiger partial charge in [-0.1, -0.05) is 39.3 Å². The number of ketones is 1. The van der Waals surface area contributed by atoms with Gasteiger partial charge in [-0.05, 0) is 11.5 Å². The highest BCUT2D eigenvalue weighted by Crippen LogP contribution is 2.30. The molecule has 4 heterocycles. The normalized spacial score (nSPS) is 15.0. The Morgan fingerprint density at radius 2 is 1.92 bits per heavy atom. The van der Waals surface area contributed by atoms with E-state index in [4.69, 9.17) is 16.3 Å². The predicted octanol–water partition coefficient (Wildman–Crippen LogP) is 4.14. The minimum absolute atomic E-state index is 0.105. The van der Waals surface area contributed by atoms with Gasteiger partial charge < -0.3 is 15.0 Å². The minimum Gasteiger partial charge on any atom is -0.378 e. The number of amides is 1. The van der Waals surface area contributed by atoms with Gasteiger partial charge >= 0.3 is 0 Å². The van der Waals surface area contributed by atoms with Crippen molar-refractivity contribution in [3.8, 4) is 0 Å². The highest BCUT2D eigenvalue weighted by molar-refractivity contribution is 7.13. The fourth-order valence-corrected chi connectivity index (χ4v) is 4.94. The van der Waals surface area contributed by atoms with Crippen LogP contribution in [0.4, 0.5) is 11.6 Å². The summed E-state index contributed by atoms with van der Waals surface area (Å²) in [5.74, 6) is 0.393. The molecular formula is C24H28ClN7O3S. The zero-order valence-electron chi connectivity index (χ0n) is 20.6. The molecule has 12 heteroatoms. The van der Waals surface area contributed by atoms with Crippen LogP contribution in [0, 0.1) is 0 Å². The van der Waals surface area contributed by atoms with E-state index in [1.165, 1.54) is 23.9 Å². The van der Waals surface area contributed by atoms with E-state index in [0.717, 1.165) is 24.5 Å². The number of nitrogens with one attached hydrogen (secondary N) is 1. The van der Waals surface area contributed by atoms with Gasteiger partial charge in [0.1, 0.15) is 22.7 Å². The summed E-state index contributed by atoms with van der Waals surface area (Å²) >= 11 is 7.41. The number of nitrogens with zero attached hydrogens (tertiary/aromatic N) is 6. The lowest BCUT2D eigenvalue weighted by Crippen LogP contribution is -2.36. The number of thiazole rings is 1. The Morgan fingerprint density at radius 1 is 1.17 bits per heavy atom. The summed E-state index contributed by atoms with van der Waals surface area (Å²) in [6, 6.07) is 3.45. The molecule has 0 saturated carbocycles. The number of hydrogen-bond donors (Lipinski definition) is 1. The van der Waals surface area contributed by atoms with Crippen LogP contribution < -0.4 is 10.2 Å². The molecule has 0 aromatic carbocycles. The highest BCUT2D eigenvalue weighted by atomic mass is 35.5. The Labute approximate surface area is 218 Å². The van der Waals surface area contributed by atoms with E-state index in [0.29, 0.717) is 39.8 Å². The molecule has 4 rings (SSSR count). The third-order valence-electron chi connectivity index (χ3n) is 5.73. The lowest BCUT2D eigenvalue weighted by Gasteiger charge is -2.27. The van der Waals surface area contributed by atoms with Crippen LogP contribution in [-0.4, -0.2) is 63.1 Å². The molecule has 1 aliphatic rings. The van der Waals surface area contributed by atoms with Gasteiger partial charge in [0.25, 0.3) is 5.91 Å². The molecule has 10 nitrogen and oxygen atoms in total. The molecule has 1 amide bonds. The number of hydrogen-bond acceptors (Lipinski definition) is 10. The first-order chi connectivity index (χ1) is 17.1. The number of aromatic nitrogens is 5. The van der Waals surface area contributed by atoms with Crippen LogP contribution in [0.3, 0.4) is 0 Å². The Kier molecular flexibility index (Phi) is 7.91. The number of Topliss-reactive ketones (excluding diaryl/α,β-unsaturated/α-hetero) is 1. The third kappa shape index (κ3) is 6.21. The fraction of sp³-hybridized carbons (Fsp3) is 0.458. The topological polar surface area (TPSA) is 123 Å². The third-order valence-corrected chi connectivity index (χ3v) is 7.24. The molecule has 3 aromatic rings. The maximum absolute atomic E-state index is 12.9. The average Bonchev–Trinajstić information content (AvgIpc) is 3.36. The first-order valence-electron chi connectivity index (χ1n) is 11.6. The van der Waals surface area contributed by atoms with E-state index in [1.54, 1.807) is 12.1 Å². The van der Waals surface area contributed by atoms with Crippen molar-refractivity contribution in [1.29, 1.82) is 0 Å². The second-order valence-corrected chi connectivity index (χ2v) is 11.0. The highest BCUT2D eigenvalue weighted by Gasteiger charge is 2.23. The number of ether oxygens (including phenoxy) is 1. The lowest BCUT2D eigenvalue weighted by atomic mass is 9.88. The summed E-state index contributed by atoms with van der Waals surface area (Å²) in [5, 5.41) is 11.7. The molecule has 0 spiro atoms. The summed E-state index contributed by atoms with van der Waals surface area (Å²) in [5.41, 5.74) is 0.899. The summed E-state index contributed by atoms with van der Waals surface area (Å²) in [6.07, 6.45) is 3.14. The van der Waals surface area contributed by atoms with Gasteiger partial charge in [-0.25, -0.2) is 15.0 Å². The summed E-state index contributed by atoms with van der Waals surface area (Å²) in [4.78, 5) is 41.0. The molecule has 1 aliphatic heterocycles. The quantitative estimate of drug-likeness (QED) is 0.449. The Bertz CT molecular complexity index is 1250. The number of carbonyl (C=O) groups excluding carboxylic acids is 2. The summed E-state index contributed by atoms with van der Waals surface area (Å²) < 4.78 is 5.38. The van der Waals surface area contributed by atoms with Crippen molar-refractivity contribution in [3.63, 3.8) is 0 Å². The molecule has 0 bridgehead atoms. The smallest absolute Gasteiger partial charge is 0.268 e. The monoisotopic (exact) mass is 529 g/mol. The second-order valence-electron chi connectivity index (χ2n) is 9.59. The molecule has 1 unspecified atom stereocenters. The minimum atomic E-state index is -0.347. The maximum Gasteiger partial charge on any atom is 0.268 e. The van der Waals surface area contributed by atoms with E-state index in [1.807, 2.05) is 27.7 Å². The van der Waals surface area contributed by atoms with E-state index in [-0.39, 0.29) is 29.4 Å². The molecule has 3 aromatic heterocycles. The molecule has 1 N–H and O–H groups in total. The zero-order valence-corrected chi connectivity index (χ0v) is 22.2. The molecule has 1 atom stereocenters. The van der Waals surface area contributed by atoms with Crippen LogP contribution in [0.1, 0.15) is 70.8 Å². The zero-order chi connectivity index (χ0) is 25.9. The lowest BCUT2D eigenvalue weighted by molar-refractivity contribution is 0.0969. The van der Waals surface area contributed by atoms with Gasteiger partial charge in [0, 0.05) is 37.1 Å². The first-order valence-corrected chi connectivity index (χ1v) is 12.8. The summed E-state index contributed by atoms with van der Waals surface area (Å²) in [7, 11) is 0. The number of rotatable bonds is 7. The molecule has 1 saturated heterocycles. The molecule has 0 aliphatic carbocycles. The van der Waals surface area contributed by atoms with E-state index >= 15 is 0 Å². The van der Waals surface area contributed by atoms with Gasteiger partial charge in [0.05, 0.1) is 24.4 Å². The van der Waals surface area contributed by atoms with Gasteiger partial charge in [0.2, 0.25) is 0 Å². The van der Waals surface area contributed by atoms with Gasteiger partial charge in [0.15, 0.2) is 16.8 Å². The van der Waals surface area contributed by atoms with Crippen molar-refractivity contribution in [2.75, 3.05) is 36.5 Å². The Hall–Kier alpha value is -3.02. The van der Waals surface area contributed by atoms with Gasteiger partial charge in [-0.3, -0.25) is 9.59 Å². The van der Waals surface area contributed by atoms with E-state index in [2.05, 4.69) is 35.4 Å².